The number of alkyl halides is 2. The summed E-state index contributed by atoms with van der Waals surface area (Å²) in [5.41, 5.74) is 0.759. The van der Waals surface area contributed by atoms with Crippen molar-refractivity contribution in [3.8, 4) is 17.3 Å². The van der Waals surface area contributed by atoms with E-state index in [0.717, 1.165) is 5.56 Å². The molecular weight excluding hydrogens is 344 g/mol. The third kappa shape index (κ3) is 4.05. The first-order valence-corrected chi connectivity index (χ1v) is 7.71. The van der Waals surface area contributed by atoms with Crippen LogP contribution in [0.4, 0.5) is 14.6 Å². The van der Waals surface area contributed by atoms with Crippen molar-refractivity contribution < 1.29 is 18.3 Å². The minimum atomic E-state index is -2.92. The number of ether oxygens (including phenoxy) is 2. The van der Waals surface area contributed by atoms with Crippen molar-refractivity contribution in [2.75, 3.05) is 19.1 Å². The van der Waals surface area contributed by atoms with Gasteiger partial charge in [-0.1, -0.05) is 6.07 Å². The molecule has 0 aliphatic heterocycles. The summed E-state index contributed by atoms with van der Waals surface area (Å²) in [6.07, 6.45) is 6.64. The van der Waals surface area contributed by atoms with Crippen molar-refractivity contribution in [2.24, 2.45) is 0 Å². The molecule has 0 unspecified atom stereocenters. The van der Waals surface area contributed by atoms with Gasteiger partial charge >= 0.3 is 6.61 Å². The van der Waals surface area contributed by atoms with Crippen LogP contribution in [-0.2, 0) is 6.54 Å². The monoisotopic (exact) mass is 361 g/mol. The molecule has 0 saturated heterocycles. The van der Waals surface area contributed by atoms with Crippen LogP contribution in [0.2, 0.25) is 0 Å². The van der Waals surface area contributed by atoms with Crippen molar-refractivity contribution in [3.05, 3.63) is 54.6 Å². The molecule has 0 spiro atoms. The third-order valence-electron chi connectivity index (χ3n) is 3.60. The molecule has 3 aromatic rings. The molecule has 0 radical (unpaired) electrons. The summed E-state index contributed by atoms with van der Waals surface area (Å²) in [6, 6.07) is 6.68. The van der Waals surface area contributed by atoms with Gasteiger partial charge in [-0.05, 0) is 23.8 Å². The molecule has 0 aliphatic carbocycles. The first-order chi connectivity index (χ1) is 12.6. The maximum atomic E-state index is 12.6. The lowest BCUT2D eigenvalue weighted by atomic mass is 10.2. The molecular formula is C17H17F2N5O2. The third-order valence-corrected chi connectivity index (χ3v) is 3.60. The Bertz CT molecular complexity index is 858. The second kappa shape index (κ2) is 7.77. The van der Waals surface area contributed by atoms with Gasteiger partial charge in [-0.3, -0.25) is 4.98 Å². The molecule has 136 valence electrons. The predicted octanol–water partition coefficient (Wildman–Crippen LogP) is 2.91. The number of hydrogen-bond donors (Lipinski definition) is 0. The van der Waals surface area contributed by atoms with Gasteiger partial charge in [0, 0.05) is 26.0 Å². The van der Waals surface area contributed by atoms with E-state index in [1.165, 1.54) is 13.2 Å². The number of nitrogens with zero attached hydrogens (tertiary/aromatic N) is 5. The number of methoxy groups -OCH3 is 1. The van der Waals surface area contributed by atoms with Crippen molar-refractivity contribution in [1.29, 1.82) is 0 Å². The molecule has 2 aromatic heterocycles. The summed E-state index contributed by atoms with van der Waals surface area (Å²) < 4.78 is 36.3. The van der Waals surface area contributed by atoms with Crippen LogP contribution in [0.5, 0.6) is 11.5 Å². The number of anilines is 1. The van der Waals surface area contributed by atoms with Crippen molar-refractivity contribution in [3.63, 3.8) is 0 Å². The number of benzene rings is 1. The van der Waals surface area contributed by atoms with Gasteiger partial charge in [0.05, 0.1) is 19.5 Å². The lowest BCUT2D eigenvalue weighted by Gasteiger charge is -2.19. The fourth-order valence-corrected chi connectivity index (χ4v) is 2.41. The Balaban J connectivity index is 1.79. The van der Waals surface area contributed by atoms with E-state index in [1.807, 2.05) is 11.9 Å². The normalized spacial score (nSPS) is 10.8. The van der Waals surface area contributed by atoms with Gasteiger partial charge in [0.15, 0.2) is 17.3 Å². The quantitative estimate of drug-likeness (QED) is 0.645. The number of hydrogen-bond acceptors (Lipinski definition) is 6. The molecule has 2 heterocycles. The molecule has 7 nitrogen and oxygen atoms in total. The second-order valence-electron chi connectivity index (χ2n) is 5.41. The summed E-state index contributed by atoms with van der Waals surface area (Å²) in [5, 5.41) is 4.12. The standard InChI is InChI=1S/C17H17F2N5O2/c1-23(15-9-20-10-16(22-15)24-7-3-6-21-24)11-12-4-5-13(25-2)14(8-12)26-17(18)19/h3-10,17H,11H2,1-2H3. The highest BCUT2D eigenvalue weighted by Crippen LogP contribution is 2.30. The summed E-state index contributed by atoms with van der Waals surface area (Å²) in [5.74, 6) is 1.43. The predicted molar refractivity (Wildman–Crippen MR) is 90.9 cm³/mol. The van der Waals surface area contributed by atoms with E-state index in [9.17, 15) is 8.78 Å². The SMILES string of the molecule is COc1ccc(CN(C)c2cncc(-n3cccn3)n2)cc1OC(F)F. The molecule has 9 heteroatoms. The summed E-state index contributed by atoms with van der Waals surface area (Å²) in [7, 11) is 3.23. The molecule has 0 N–H and O–H groups in total. The summed E-state index contributed by atoms with van der Waals surface area (Å²) in [4.78, 5) is 10.5. The van der Waals surface area contributed by atoms with Gasteiger partial charge in [0.25, 0.3) is 0 Å². The van der Waals surface area contributed by atoms with Crippen LogP contribution in [-0.4, -0.2) is 40.5 Å². The van der Waals surface area contributed by atoms with Gasteiger partial charge in [-0.25, -0.2) is 9.67 Å². The second-order valence-corrected chi connectivity index (χ2v) is 5.41. The number of halogens is 2. The van der Waals surface area contributed by atoms with Crippen LogP contribution in [0.1, 0.15) is 5.56 Å². The van der Waals surface area contributed by atoms with Gasteiger partial charge < -0.3 is 14.4 Å². The average molecular weight is 361 g/mol. The first-order valence-electron chi connectivity index (χ1n) is 7.71. The fraction of sp³-hybridized carbons (Fsp3) is 0.235. The van der Waals surface area contributed by atoms with Gasteiger partial charge in [0.2, 0.25) is 0 Å². The van der Waals surface area contributed by atoms with Crippen LogP contribution in [0, 0.1) is 0 Å². The Hall–Kier alpha value is -3.23. The van der Waals surface area contributed by atoms with Crippen LogP contribution < -0.4 is 14.4 Å². The smallest absolute Gasteiger partial charge is 0.387 e. The highest BCUT2D eigenvalue weighted by Gasteiger charge is 2.13. The topological polar surface area (TPSA) is 65.3 Å². The van der Waals surface area contributed by atoms with Crippen LogP contribution >= 0.6 is 0 Å². The van der Waals surface area contributed by atoms with Gasteiger partial charge in [-0.15, -0.1) is 0 Å². The van der Waals surface area contributed by atoms with Crippen molar-refractivity contribution >= 4 is 5.82 Å². The highest BCUT2D eigenvalue weighted by atomic mass is 19.3. The molecule has 0 atom stereocenters. The fourth-order valence-electron chi connectivity index (χ4n) is 2.41. The van der Waals surface area contributed by atoms with Crippen molar-refractivity contribution in [2.45, 2.75) is 13.2 Å². The van der Waals surface area contributed by atoms with E-state index in [1.54, 1.807) is 47.7 Å². The highest BCUT2D eigenvalue weighted by molar-refractivity contribution is 5.45. The largest absolute Gasteiger partial charge is 0.493 e. The van der Waals surface area contributed by atoms with Crippen LogP contribution in [0.15, 0.2) is 49.1 Å². The van der Waals surface area contributed by atoms with E-state index >= 15 is 0 Å². The molecule has 26 heavy (non-hydrogen) atoms. The van der Waals surface area contributed by atoms with Crippen LogP contribution in [0.3, 0.4) is 0 Å². The first kappa shape index (κ1) is 17.6. The molecule has 0 saturated carbocycles. The van der Waals surface area contributed by atoms with E-state index in [0.29, 0.717) is 18.2 Å². The number of aromatic nitrogens is 4. The molecule has 0 bridgehead atoms. The zero-order valence-electron chi connectivity index (χ0n) is 14.2. The minimum absolute atomic E-state index is 0.00947. The van der Waals surface area contributed by atoms with Gasteiger partial charge in [0.1, 0.15) is 5.82 Å². The van der Waals surface area contributed by atoms with E-state index in [2.05, 4.69) is 19.8 Å². The molecule has 0 amide bonds. The molecule has 1 aromatic carbocycles. The Kier molecular flexibility index (Phi) is 5.26. The Morgan fingerprint density at radius 2 is 2.08 bits per heavy atom. The lowest BCUT2D eigenvalue weighted by molar-refractivity contribution is -0.0512. The summed E-state index contributed by atoms with van der Waals surface area (Å²) >= 11 is 0. The summed E-state index contributed by atoms with van der Waals surface area (Å²) in [6.45, 7) is -2.51. The molecule has 0 aliphatic rings. The molecule has 3 rings (SSSR count). The van der Waals surface area contributed by atoms with Crippen LogP contribution in [0.25, 0.3) is 5.82 Å². The van der Waals surface area contributed by atoms with E-state index < -0.39 is 6.61 Å². The van der Waals surface area contributed by atoms with E-state index in [4.69, 9.17) is 4.74 Å². The molecule has 0 fully saturated rings. The van der Waals surface area contributed by atoms with E-state index in [-0.39, 0.29) is 11.5 Å². The zero-order chi connectivity index (χ0) is 18.5. The lowest BCUT2D eigenvalue weighted by Crippen LogP contribution is -2.19. The Morgan fingerprint density at radius 1 is 1.23 bits per heavy atom. The van der Waals surface area contributed by atoms with Crippen molar-refractivity contribution in [1.82, 2.24) is 19.7 Å². The maximum absolute atomic E-state index is 12.6. The van der Waals surface area contributed by atoms with Gasteiger partial charge in [-0.2, -0.15) is 13.9 Å². The zero-order valence-corrected chi connectivity index (χ0v) is 14.2. The minimum Gasteiger partial charge on any atom is -0.493 e. The average Bonchev–Trinajstić information content (AvgIpc) is 3.16. The maximum Gasteiger partial charge on any atom is 0.387 e. The Labute approximate surface area is 148 Å². The number of rotatable bonds is 7. The Morgan fingerprint density at radius 3 is 2.77 bits per heavy atom.